The third-order valence-corrected chi connectivity index (χ3v) is 4.93. The van der Waals surface area contributed by atoms with Crippen molar-refractivity contribution in [1.82, 2.24) is 14.6 Å². The van der Waals surface area contributed by atoms with Gasteiger partial charge in [0.05, 0.1) is 0 Å². The number of hydrogen-bond donors (Lipinski definition) is 0. The quantitative estimate of drug-likeness (QED) is 0.844. The van der Waals surface area contributed by atoms with Gasteiger partial charge in [-0.05, 0) is 18.8 Å². The Hall–Kier alpha value is -1.43. The molecule has 0 saturated heterocycles. The SMILES string of the molecule is C[C@@H]1CCC[C@@H](N(C)c2nn3c(=O)ccnc3s2)C1. The molecule has 6 heteroatoms. The van der Waals surface area contributed by atoms with E-state index in [0.717, 1.165) is 11.0 Å². The van der Waals surface area contributed by atoms with Crippen LogP contribution in [0.25, 0.3) is 4.96 Å². The molecule has 5 nitrogen and oxygen atoms in total. The highest BCUT2D eigenvalue weighted by atomic mass is 32.1. The minimum absolute atomic E-state index is 0.113. The average molecular weight is 278 g/mol. The molecule has 0 spiro atoms. The summed E-state index contributed by atoms with van der Waals surface area (Å²) in [7, 11) is 2.07. The summed E-state index contributed by atoms with van der Waals surface area (Å²) in [6.45, 7) is 2.31. The Labute approximate surface area is 115 Å². The smallest absolute Gasteiger partial charge is 0.275 e. The Morgan fingerprint density at radius 1 is 1.47 bits per heavy atom. The van der Waals surface area contributed by atoms with Gasteiger partial charge >= 0.3 is 0 Å². The molecule has 0 N–H and O–H groups in total. The standard InChI is InChI=1S/C13H18N4OS/c1-9-4-3-5-10(8-9)16(2)13-15-17-11(18)6-7-14-12(17)19-13/h6-7,9-10H,3-5,8H2,1-2H3/t9-,10-/m1/s1. The molecule has 0 amide bonds. The van der Waals surface area contributed by atoms with Crippen molar-refractivity contribution in [2.75, 3.05) is 11.9 Å². The molecule has 0 aliphatic heterocycles. The number of anilines is 1. The number of rotatable bonds is 2. The van der Waals surface area contributed by atoms with Crippen LogP contribution in [0.3, 0.4) is 0 Å². The summed E-state index contributed by atoms with van der Waals surface area (Å²) < 4.78 is 1.39. The molecule has 2 aromatic heterocycles. The molecule has 1 aliphatic rings. The lowest BCUT2D eigenvalue weighted by Gasteiger charge is -2.33. The monoisotopic (exact) mass is 278 g/mol. The minimum atomic E-state index is -0.113. The van der Waals surface area contributed by atoms with Gasteiger partial charge in [-0.25, -0.2) is 4.98 Å². The Balaban J connectivity index is 1.91. The number of nitrogens with zero attached hydrogens (tertiary/aromatic N) is 4. The first kappa shape index (κ1) is 12.6. The van der Waals surface area contributed by atoms with Crippen LogP contribution in [-0.2, 0) is 0 Å². The molecule has 0 bridgehead atoms. The van der Waals surface area contributed by atoms with Crippen LogP contribution in [0, 0.1) is 5.92 Å². The fraction of sp³-hybridized carbons (Fsp3) is 0.615. The predicted molar refractivity (Wildman–Crippen MR) is 77.0 cm³/mol. The predicted octanol–water partition coefficient (Wildman–Crippen LogP) is 2.17. The van der Waals surface area contributed by atoms with Gasteiger partial charge in [0.1, 0.15) is 0 Å². The van der Waals surface area contributed by atoms with Crippen LogP contribution in [0.15, 0.2) is 17.1 Å². The van der Waals surface area contributed by atoms with Crippen molar-refractivity contribution in [2.45, 2.75) is 38.6 Å². The summed E-state index contributed by atoms with van der Waals surface area (Å²) in [5.41, 5.74) is -0.113. The van der Waals surface area contributed by atoms with Gasteiger partial charge in [-0.1, -0.05) is 31.1 Å². The first-order valence-corrected chi connectivity index (χ1v) is 7.54. The fourth-order valence-corrected chi connectivity index (χ4v) is 3.70. The second-order valence-corrected chi connectivity index (χ2v) is 6.33. The summed E-state index contributed by atoms with van der Waals surface area (Å²) in [5.74, 6) is 0.774. The maximum absolute atomic E-state index is 11.7. The van der Waals surface area contributed by atoms with Crippen molar-refractivity contribution in [2.24, 2.45) is 5.92 Å². The Bertz CT molecular complexity index is 635. The molecular weight excluding hydrogens is 260 g/mol. The Kier molecular flexibility index (Phi) is 3.26. The largest absolute Gasteiger partial charge is 0.347 e. The van der Waals surface area contributed by atoms with Crippen molar-refractivity contribution in [3.8, 4) is 0 Å². The first-order valence-electron chi connectivity index (χ1n) is 6.73. The topological polar surface area (TPSA) is 50.5 Å². The van der Waals surface area contributed by atoms with E-state index >= 15 is 0 Å². The maximum Gasteiger partial charge on any atom is 0.275 e. The summed E-state index contributed by atoms with van der Waals surface area (Å²) >= 11 is 1.48. The Morgan fingerprint density at radius 2 is 2.32 bits per heavy atom. The zero-order valence-electron chi connectivity index (χ0n) is 11.2. The molecule has 102 valence electrons. The van der Waals surface area contributed by atoms with Gasteiger partial charge in [-0.3, -0.25) is 4.79 Å². The van der Waals surface area contributed by atoms with Crippen LogP contribution in [0.5, 0.6) is 0 Å². The summed E-state index contributed by atoms with van der Waals surface area (Å²) in [6.07, 6.45) is 6.56. The van der Waals surface area contributed by atoms with Crippen LogP contribution in [0.1, 0.15) is 32.6 Å². The highest BCUT2D eigenvalue weighted by Gasteiger charge is 2.24. The molecule has 1 saturated carbocycles. The van der Waals surface area contributed by atoms with Crippen LogP contribution in [0.4, 0.5) is 5.13 Å². The van der Waals surface area contributed by atoms with Crippen molar-refractivity contribution in [3.63, 3.8) is 0 Å². The van der Waals surface area contributed by atoms with Gasteiger partial charge in [-0.15, -0.1) is 5.10 Å². The summed E-state index contributed by atoms with van der Waals surface area (Å²) in [6, 6.07) is 1.97. The molecule has 2 aromatic rings. The van der Waals surface area contributed by atoms with E-state index in [0.29, 0.717) is 11.0 Å². The van der Waals surface area contributed by atoms with Gasteiger partial charge in [0.25, 0.3) is 5.56 Å². The van der Waals surface area contributed by atoms with E-state index in [1.807, 2.05) is 0 Å². The van der Waals surface area contributed by atoms with Crippen LogP contribution < -0.4 is 10.5 Å². The van der Waals surface area contributed by atoms with Crippen LogP contribution in [0.2, 0.25) is 0 Å². The minimum Gasteiger partial charge on any atom is -0.347 e. The van der Waals surface area contributed by atoms with Gasteiger partial charge in [0.2, 0.25) is 10.1 Å². The van der Waals surface area contributed by atoms with Crippen molar-refractivity contribution in [3.05, 3.63) is 22.6 Å². The zero-order valence-corrected chi connectivity index (χ0v) is 12.1. The van der Waals surface area contributed by atoms with Crippen molar-refractivity contribution < 1.29 is 0 Å². The van der Waals surface area contributed by atoms with Crippen molar-refractivity contribution >= 4 is 21.4 Å². The van der Waals surface area contributed by atoms with Gasteiger partial charge < -0.3 is 4.90 Å². The van der Waals surface area contributed by atoms with E-state index in [2.05, 4.69) is 29.0 Å². The maximum atomic E-state index is 11.7. The van der Waals surface area contributed by atoms with E-state index in [-0.39, 0.29) is 5.56 Å². The highest BCUT2D eigenvalue weighted by molar-refractivity contribution is 7.20. The molecule has 0 radical (unpaired) electrons. The number of hydrogen-bond acceptors (Lipinski definition) is 5. The third kappa shape index (κ3) is 2.36. The third-order valence-electron chi connectivity index (χ3n) is 3.92. The van der Waals surface area contributed by atoms with Gasteiger partial charge in [0, 0.05) is 25.4 Å². The lowest BCUT2D eigenvalue weighted by Crippen LogP contribution is -2.35. The lowest BCUT2D eigenvalue weighted by atomic mass is 9.86. The van der Waals surface area contributed by atoms with Crippen LogP contribution in [-0.4, -0.2) is 27.7 Å². The molecule has 0 unspecified atom stereocenters. The molecule has 1 fully saturated rings. The molecular formula is C13H18N4OS. The fourth-order valence-electron chi connectivity index (χ4n) is 2.79. The van der Waals surface area contributed by atoms with E-state index in [4.69, 9.17) is 0 Å². The zero-order chi connectivity index (χ0) is 13.4. The highest BCUT2D eigenvalue weighted by Crippen LogP contribution is 2.31. The van der Waals surface area contributed by atoms with Gasteiger partial charge in [-0.2, -0.15) is 4.52 Å². The van der Waals surface area contributed by atoms with Crippen LogP contribution >= 0.6 is 11.3 Å². The van der Waals surface area contributed by atoms with E-state index < -0.39 is 0 Å². The summed E-state index contributed by atoms with van der Waals surface area (Å²) in [5, 5.41) is 5.28. The Morgan fingerprint density at radius 3 is 3.05 bits per heavy atom. The molecule has 0 aromatic carbocycles. The lowest BCUT2D eigenvalue weighted by molar-refractivity contribution is 0.336. The normalized spacial score (nSPS) is 23.7. The van der Waals surface area contributed by atoms with E-state index in [1.54, 1.807) is 6.20 Å². The van der Waals surface area contributed by atoms with Gasteiger partial charge in [0.15, 0.2) is 0 Å². The second kappa shape index (κ2) is 4.92. The molecule has 3 rings (SSSR count). The molecule has 2 atom stereocenters. The molecule has 19 heavy (non-hydrogen) atoms. The first-order chi connectivity index (χ1) is 9.15. The second-order valence-electron chi connectivity index (χ2n) is 5.40. The molecule has 1 aliphatic carbocycles. The summed E-state index contributed by atoms with van der Waals surface area (Å²) in [4.78, 5) is 18.8. The number of fused-ring (bicyclic) bond motifs is 1. The average Bonchev–Trinajstić information content (AvgIpc) is 2.83. The number of aromatic nitrogens is 3. The molecule has 2 heterocycles. The van der Waals surface area contributed by atoms with E-state index in [1.165, 1.54) is 47.6 Å². The van der Waals surface area contributed by atoms with Crippen molar-refractivity contribution in [1.29, 1.82) is 0 Å². The van der Waals surface area contributed by atoms with E-state index in [9.17, 15) is 4.79 Å².